The number of benzene rings is 1. The second-order valence-electron chi connectivity index (χ2n) is 3.80. The molecule has 1 aromatic carbocycles. The number of hydrogen-bond donors (Lipinski definition) is 1. The fraction of sp³-hybridized carbons (Fsp3) is 0.250. The molecule has 5 heteroatoms. The highest BCUT2D eigenvalue weighted by Gasteiger charge is 2.18. The van der Waals surface area contributed by atoms with Crippen molar-refractivity contribution in [3.63, 3.8) is 0 Å². The van der Waals surface area contributed by atoms with Gasteiger partial charge in [-0.05, 0) is 24.6 Å². The molecule has 2 N–H and O–H groups in total. The van der Waals surface area contributed by atoms with Crippen molar-refractivity contribution in [1.82, 2.24) is 5.16 Å². The summed E-state index contributed by atoms with van der Waals surface area (Å²) in [5.41, 5.74) is 7.56. The Hall–Kier alpha value is -2.17. The van der Waals surface area contributed by atoms with Gasteiger partial charge in [0.05, 0.1) is 0 Å². The minimum atomic E-state index is 0.262. The molecule has 1 aliphatic heterocycles. The van der Waals surface area contributed by atoms with Crippen molar-refractivity contribution in [2.75, 3.05) is 12.5 Å². The summed E-state index contributed by atoms with van der Waals surface area (Å²) in [4.78, 5) is 0. The van der Waals surface area contributed by atoms with Gasteiger partial charge in [-0.25, -0.2) is 0 Å². The van der Waals surface area contributed by atoms with E-state index in [1.807, 2.05) is 25.1 Å². The number of nitrogens with zero attached hydrogens (tertiary/aromatic N) is 1. The number of rotatable bonds is 2. The van der Waals surface area contributed by atoms with Crippen molar-refractivity contribution in [3.8, 4) is 22.8 Å². The maximum absolute atomic E-state index is 5.74. The van der Waals surface area contributed by atoms with Gasteiger partial charge in [0.25, 0.3) is 0 Å². The minimum Gasteiger partial charge on any atom is -0.454 e. The monoisotopic (exact) mass is 232 g/mol. The quantitative estimate of drug-likeness (QED) is 0.859. The maximum atomic E-state index is 5.74. The predicted molar refractivity (Wildman–Crippen MR) is 61.9 cm³/mol. The molecule has 0 bridgehead atoms. The van der Waals surface area contributed by atoms with E-state index < -0.39 is 0 Å². The molecule has 0 atom stereocenters. The summed E-state index contributed by atoms with van der Waals surface area (Å²) in [5.74, 6) is 2.61. The van der Waals surface area contributed by atoms with E-state index in [0.29, 0.717) is 11.6 Å². The van der Waals surface area contributed by atoms with E-state index in [4.69, 9.17) is 19.7 Å². The molecule has 2 heterocycles. The van der Waals surface area contributed by atoms with Crippen molar-refractivity contribution in [3.05, 3.63) is 23.8 Å². The van der Waals surface area contributed by atoms with Crippen molar-refractivity contribution in [1.29, 1.82) is 0 Å². The molecule has 2 aromatic rings. The Morgan fingerprint density at radius 1 is 1.29 bits per heavy atom. The molecule has 5 nitrogen and oxygen atoms in total. The number of hydrogen-bond acceptors (Lipinski definition) is 5. The van der Waals surface area contributed by atoms with Gasteiger partial charge in [0, 0.05) is 11.1 Å². The van der Waals surface area contributed by atoms with E-state index in [9.17, 15) is 0 Å². The number of nitrogens with two attached hydrogens (primary N) is 1. The summed E-state index contributed by atoms with van der Waals surface area (Å²) >= 11 is 0. The highest BCUT2D eigenvalue weighted by Crippen LogP contribution is 2.37. The van der Waals surface area contributed by atoms with Gasteiger partial charge >= 0.3 is 0 Å². The van der Waals surface area contributed by atoms with Crippen LogP contribution in [0.15, 0.2) is 22.7 Å². The summed E-state index contributed by atoms with van der Waals surface area (Å²) in [5, 5.41) is 3.79. The third kappa shape index (κ3) is 1.51. The first kappa shape index (κ1) is 10.0. The molecule has 0 spiro atoms. The van der Waals surface area contributed by atoms with Gasteiger partial charge < -0.3 is 19.7 Å². The fourth-order valence-electron chi connectivity index (χ4n) is 1.93. The Kier molecular flexibility index (Phi) is 2.18. The number of nitrogen functional groups attached to an aromatic ring is 1. The SMILES string of the molecule is CCc1c(N)noc1-c1ccc2c(c1)OCO2. The van der Waals surface area contributed by atoms with Crippen LogP contribution in [0.3, 0.4) is 0 Å². The molecular weight excluding hydrogens is 220 g/mol. The van der Waals surface area contributed by atoms with Crippen LogP contribution in [0.4, 0.5) is 5.82 Å². The molecule has 0 radical (unpaired) electrons. The Balaban J connectivity index is 2.09. The molecule has 88 valence electrons. The lowest BCUT2D eigenvalue weighted by atomic mass is 10.1. The number of anilines is 1. The Bertz CT molecular complexity index is 563. The van der Waals surface area contributed by atoms with Crippen LogP contribution in [-0.2, 0) is 6.42 Å². The molecule has 0 saturated carbocycles. The zero-order valence-corrected chi connectivity index (χ0v) is 9.40. The van der Waals surface area contributed by atoms with E-state index in [1.54, 1.807) is 0 Å². The zero-order valence-electron chi connectivity index (χ0n) is 9.40. The van der Waals surface area contributed by atoms with Crippen LogP contribution in [0.25, 0.3) is 11.3 Å². The lowest BCUT2D eigenvalue weighted by Crippen LogP contribution is -1.93. The molecule has 0 amide bonds. The first-order valence-corrected chi connectivity index (χ1v) is 5.43. The van der Waals surface area contributed by atoms with E-state index in [0.717, 1.165) is 29.0 Å². The van der Waals surface area contributed by atoms with Crippen LogP contribution < -0.4 is 15.2 Å². The van der Waals surface area contributed by atoms with Gasteiger partial charge in [0.1, 0.15) is 0 Å². The third-order valence-electron chi connectivity index (χ3n) is 2.81. The van der Waals surface area contributed by atoms with Crippen LogP contribution in [-0.4, -0.2) is 11.9 Å². The van der Waals surface area contributed by atoms with Crippen LogP contribution in [0.1, 0.15) is 12.5 Å². The van der Waals surface area contributed by atoms with E-state index in [1.165, 1.54) is 0 Å². The van der Waals surface area contributed by atoms with Crippen molar-refractivity contribution in [2.45, 2.75) is 13.3 Å². The first-order chi connectivity index (χ1) is 8.29. The normalized spacial score (nSPS) is 13.0. The first-order valence-electron chi connectivity index (χ1n) is 5.43. The summed E-state index contributed by atoms with van der Waals surface area (Å²) in [7, 11) is 0. The van der Waals surface area contributed by atoms with Crippen molar-refractivity contribution >= 4 is 5.82 Å². The number of ether oxygens (including phenoxy) is 2. The Morgan fingerprint density at radius 3 is 2.94 bits per heavy atom. The van der Waals surface area contributed by atoms with Gasteiger partial charge in [-0.1, -0.05) is 12.1 Å². The lowest BCUT2D eigenvalue weighted by Gasteiger charge is -2.01. The van der Waals surface area contributed by atoms with Gasteiger partial charge in [-0.3, -0.25) is 0 Å². The largest absolute Gasteiger partial charge is 0.454 e. The van der Waals surface area contributed by atoms with Crippen LogP contribution in [0, 0.1) is 0 Å². The van der Waals surface area contributed by atoms with E-state index >= 15 is 0 Å². The predicted octanol–water partition coefficient (Wildman–Crippen LogP) is 2.21. The van der Waals surface area contributed by atoms with E-state index in [-0.39, 0.29) is 6.79 Å². The topological polar surface area (TPSA) is 70.5 Å². The van der Waals surface area contributed by atoms with Gasteiger partial charge in [0.2, 0.25) is 6.79 Å². The smallest absolute Gasteiger partial charge is 0.231 e. The second kappa shape index (κ2) is 3.69. The number of aromatic nitrogens is 1. The minimum absolute atomic E-state index is 0.262. The maximum Gasteiger partial charge on any atom is 0.231 e. The fourth-order valence-corrected chi connectivity index (χ4v) is 1.93. The molecule has 3 rings (SSSR count). The third-order valence-corrected chi connectivity index (χ3v) is 2.81. The summed E-state index contributed by atoms with van der Waals surface area (Å²) < 4.78 is 15.8. The highest BCUT2D eigenvalue weighted by atomic mass is 16.7. The van der Waals surface area contributed by atoms with Gasteiger partial charge in [-0.15, -0.1) is 0 Å². The Labute approximate surface area is 98.1 Å². The molecule has 0 aliphatic carbocycles. The molecular formula is C12H12N2O3. The standard InChI is InChI=1S/C12H12N2O3/c1-2-8-11(17-14-12(8)13)7-3-4-9-10(5-7)16-6-15-9/h3-5H,2,6H2,1H3,(H2,13,14). The average molecular weight is 232 g/mol. The van der Waals surface area contributed by atoms with Gasteiger partial charge in [0.15, 0.2) is 23.1 Å². The van der Waals surface area contributed by atoms with Crippen LogP contribution in [0.5, 0.6) is 11.5 Å². The van der Waals surface area contributed by atoms with Crippen LogP contribution in [0.2, 0.25) is 0 Å². The zero-order chi connectivity index (χ0) is 11.8. The van der Waals surface area contributed by atoms with Crippen molar-refractivity contribution in [2.24, 2.45) is 0 Å². The average Bonchev–Trinajstić information content (AvgIpc) is 2.93. The summed E-state index contributed by atoms with van der Waals surface area (Å²) in [6.07, 6.45) is 0.777. The molecule has 0 fully saturated rings. The van der Waals surface area contributed by atoms with Crippen LogP contribution >= 0.6 is 0 Å². The lowest BCUT2D eigenvalue weighted by molar-refractivity contribution is 0.174. The molecule has 1 aliphatic rings. The van der Waals surface area contributed by atoms with Crippen molar-refractivity contribution < 1.29 is 14.0 Å². The molecule has 0 unspecified atom stereocenters. The molecule has 1 aromatic heterocycles. The second-order valence-corrected chi connectivity index (χ2v) is 3.80. The van der Waals surface area contributed by atoms with Gasteiger partial charge in [-0.2, -0.15) is 0 Å². The van der Waals surface area contributed by atoms with E-state index in [2.05, 4.69) is 5.16 Å². The summed E-state index contributed by atoms with van der Waals surface area (Å²) in [6, 6.07) is 5.64. The number of fused-ring (bicyclic) bond motifs is 1. The Morgan fingerprint density at radius 2 is 2.12 bits per heavy atom. The molecule has 17 heavy (non-hydrogen) atoms. The molecule has 0 saturated heterocycles. The summed E-state index contributed by atoms with van der Waals surface area (Å²) in [6.45, 7) is 2.28. The highest BCUT2D eigenvalue weighted by molar-refractivity contribution is 5.69.